The molecule has 10 heteroatoms. The van der Waals surface area contributed by atoms with Crippen molar-refractivity contribution in [2.75, 3.05) is 26.5 Å². The SMILES string of the molecule is COC(=O)c1cn(CN2CCCC(NS(C)(=O)=O)C2)nn1. The van der Waals surface area contributed by atoms with Gasteiger partial charge in [-0.3, -0.25) is 4.90 Å². The minimum atomic E-state index is -3.20. The maximum absolute atomic E-state index is 11.3. The molecule has 1 aromatic heterocycles. The number of sulfonamides is 1. The van der Waals surface area contributed by atoms with Gasteiger partial charge in [0.05, 0.1) is 26.2 Å². The first-order valence-corrected chi connectivity index (χ1v) is 8.44. The van der Waals surface area contributed by atoms with Crippen LogP contribution in [0, 0.1) is 0 Å². The van der Waals surface area contributed by atoms with Crippen molar-refractivity contribution in [3.05, 3.63) is 11.9 Å². The number of nitrogens with one attached hydrogen (secondary N) is 1. The maximum atomic E-state index is 11.3. The fraction of sp³-hybridized carbons (Fsp3) is 0.727. The summed E-state index contributed by atoms with van der Waals surface area (Å²) in [7, 11) is -1.92. The zero-order chi connectivity index (χ0) is 15.5. The second-order valence-electron chi connectivity index (χ2n) is 5.08. The van der Waals surface area contributed by atoms with E-state index in [0.29, 0.717) is 13.2 Å². The lowest BCUT2D eigenvalue weighted by Crippen LogP contribution is -2.47. The summed E-state index contributed by atoms with van der Waals surface area (Å²) in [5.41, 5.74) is 0.153. The number of esters is 1. The van der Waals surface area contributed by atoms with E-state index in [1.165, 1.54) is 18.0 Å². The van der Waals surface area contributed by atoms with Gasteiger partial charge in [-0.15, -0.1) is 5.10 Å². The Bertz CT molecular complexity index is 600. The quantitative estimate of drug-likeness (QED) is 0.697. The van der Waals surface area contributed by atoms with E-state index in [2.05, 4.69) is 24.7 Å². The van der Waals surface area contributed by atoms with Gasteiger partial charge in [0.1, 0.15) is 0 Å². The topological polar surface area (TPSA) is 106 Å². The molecule has 118 valence electrons. The van der Waals surface area contributed by atoms with Gasteiger partial charge in [-0.2, -0.15) is 0 Å². The maximum Gasteiger partial charge on any atom is 0.360 e. The predicted octanol–water partition coefficient (Wildman–Crippen LogP) is -0.964. The fourth-order valence-electron chi connectivity index (χ4n) is 2.35. The Morgan fingerprint density at radius 3 is 3.00 bits per heavy atom. The largest absolute Gasteiger partial charge is 0.464 e. The Labute approximate surface area is 123 Å². The van der Waals surface area contributed by atoms with Crippen molar-refractivity contribution in [3.63, 3.8) is 0 Å². The number of piperidine rings is 1. The van der Waals surface area contributed by atoms with Crippen molar-refractivity contribution in [2.24, 2.45) is 0 Å². The van der Waals surface area contributed by atoms with E-state index in [4.69, 9.17) is 0 Å². The third-order valence-corrected chi connectivity index (χ3v) is 3.93. The van der Waals surface area contributed by atoms with Crippen LogP contribution in [-0.4, -0.2) is 66.8 Å². The first-order valence-electron chi connectivity index (χ1n) is 6.55. The molecule has 9 nitrogen and oxygen atoms in total. The summed E-state index contributed by atoms with van der Waals surface area (Å²) >= 11 is 0. The number of likely N-dealkylation sites (tertiary alicyclic amines) is 1. The molecule has 2 rings (SSSR count). The van der Waals surface area contributed by atoms with Crippen molar-refractivity contribution in [2.45, 2.75) is 25.6 Å². The van der Waals surface area contributed by atoms with Gasteiger partial charge in [-0.05, 0) is 12.8 Å². The van der Waals surface area contributed by atoms with Gasteiger partial charge in [0.25, 0.3) is 0 Å². The highest BCUT2D eigenvalue weighted by Crippen LogP contribution is 2.11. The lowest BCUT2D eigenvalue weighted by molar-refractivity contribution is 0.0593. The number of rotatable bonds is 5. The number of hydrogen-bond acceptors (Lipinski definition) is 7. The molecule has 1 aromatic rings. The Morgan fingerprint density at radius 1 is 1.57 bits per heavy atom. The standard InChI is InChI=1S/C11H19N5O4S/c1-20-11(17)10-7-16(14-12-10)8-15-5-3-4-9(6-15)13-21(2,18)19/h7,9,13H,3-6,8H2,1-2H3. The van der Waals surface area contributed by atoms with Crippen molar-refractivity contribution < 1.29 is 17.9 Å². The number of nitrogens with zero attached hydrogens (tertiary/aromatic N) is 4. The minimum Gasteiger partial charge on any atom is -0.464 e. The third-order valence-electron chi connectivity index (χ3n) is 3.16. The first kappa shape index (κ1) is 15.9. The summed E-state index contributed by atoms with van der Waals surface area (Å²) < 4.78 is 31.3. The zero-order valence-electron chi connectivity index (χ0n) is 12.0. The molecule has 0 bridgehead atoms. The van der Waals surface area contributed by atoms with Crippen LogP contribution in [0.2, 0.25) is 0 Å². The molecule has 2 heterocycles. The Morgan fingerprint density at radius 2 is 2.33 bits per heavy atom. The highest BCUT2D eigenvalue weighted by Gasteiger charge is 2.23. The average molecular weight is 317 g/mol. The molecule has 1 atom stereocenters. The van der Waals surface area contributed by atoms with E-state index in [-0.39, 0.29) is 11.7 Å². The third kappa shape index (κ3) is 4.76. The highest BCUT2D eigenvalue weighted by atomic mass is 32.2. The van der Waals surface area contributed by atoms with Crippen LogP contribution >= 0.6 is 0 Å². The molecular weight excluding hydrogens is 298 g/mol. The fourth-order valence-corrected chi connectivity index (χ4v) is 3.15. The smallest absolute Gasteiger partial charge is 0.360 e. The van der Waals surface area contributed by atoms with Crippen molar-refractivity contribution in [1.82, 2.24) is 24.6 Å². The summed E-state index contributed by atoms with van der Waals surface area (Å²) in [6.07, 6.45) is 4.38. The Hall–Kier alpha value is -1.52. The number of ether oxygens (including phenoxy) is 1. The van der Waals surface area contributed by atoms with E-state index >= 15 is 0 Å². The van der Waals surface area contributed by atoms with Crippen molar-refractivity contribution >= 4 is 16.0 Å². The number of hydrogen-bond donors (Lipinski definition) is 1. The highest BCUT2D eigenvalue weighted by molar-refractivity contribution is 7.88. The van der Waals surface area contributed by atoms with Gasteiger partial charge in [0.15, 0.2) is 5.69 Å². The lowest BCUT2D eigenvalue weighted by atomic mass is 10.1. The second kappa shape index (κ2) is 6.50. The van der Waals surface area contributed by atoms with E-state index in [9.17, 15) is 13.2 Å². The predicted molar refractivity (Wildman–Crippen MR) is 73.9 cm³/mol. The van der Waals surface area contributed by atoms with Gasteiger partial charge in [0.2, 0.25) is 10.0 Å². The molecule has 1 aliphatic rings. The van der Waals surface area contributed by atoms with Gasteiger partial charge in [-0.1, -0.05) is 5.21 Å². The molecule has 1 aliphatic heterocycles. The summed E-state index contributed by atoms with van der Waals surface area (Å²) in [4.78, 5) is 13.4. The zero-order valence-corrected chi connectivity index (χ0v) is 12.8. The van der Waals surface area contributed by atoms with E-state index in [1.54, 1.807) is 0 Å². The van der Waals surface area contributed by atoms with Gasteiger partial charge < -0.3 is 4.74 Å². The van der Waals surface area contributed by atoms with Crippen LogP contribution in [0.3, 0.4) is 0 Å². The van der Waals surface area contributed by atoms with Crippen LogP contribution in [0.15, 0.2) is 6.20 Å². The van der Waals surface area contributed by atoms with Gasteiger partial charge >= 0.3 is 5.97 Å². The molecule has 21 heavy (non-hydrogen) atoms. The lowest BCUT2D eigenvalue weighted by Gasteiger charge is -2.32. The number of aromatic nitrogens is 3. The van der Waals surface area contributed by atoms with Crippen LogP contribution in [0.4, 0.5) is 0 Å². The molecule has 1 saturated heterocycles. The van der Waals surface area contributed by atoms with Gasteiger partial charge in [-0.25, -0.2) is 22.6 Å². The summed E-state index contributed by atoms with van der Waals surface area (Å²) in [5.74, 6) is -0.531. The molecule has 0 amide bonds. The average Bonchev–Trinajstić information content (AvgIpc) is 2.84. The molecule has 1 fully saturated rings. The number of carbonyl (C=O) groups excluding carboxylic acids is 1. The van der Waals surface area contributed by atoms with Crippen LogP contribution in [0.1, 0.15) is 23.3 Å². The monoisotopic (exact) mass is 317 g/mol. The molecule has 0 radical (unpaired) electrons. The number of carbonyl (C=O) groups is 1. The van der Waals surface area contributed by atoms with Gasteiger partial charge in [0, 0.05) is 19.1 Å². The molecule has 0 spiro atoms. The Balaban J connectivity index is 1.93. The molecule has 1 unspecified atom stereocenters. The van der Waals surface area contributed by atoms with Crippen molar-refractivity contribution in [3.8, 4) is 0 Å². The first-order chi connectivity index (χ1) is 9.87. The Kier molecular flexibility index (Phi) is 4.91. The van der Waals surface area contributed by atoms with Crippen molar-refractivity contribution in [1.29, 1.82) is 0 Å². The number of methoxy groups -OCH3 is 1. The van der Waals surface area contributed by atoms with E-state index in [0.717, 1.165) is 25.6 Å². The summed E-state index contributed by atoms with van der Waals surface area (Å²) in [6, 6.07) is -0.0997. The molecule has 0 saturated carbocycles. The second-order valence-corrected chi connectivity index (χ2v) is 6.86. The summed E-state index contributed by atoms with van der Waals surface area (Å²) in [6.45, 7) is 1.89. The summed E-state index contributed by atoms with van der Waals surface area (Å²) in [5, 5.41) is 7.60. The van der Waals surface area contributed by atoms with Crippen LogP contribution in [-0.2, 0) is 21.4 Å². The molecule has 0 aliphatic carbocycles. The van der Waals surface area contributed by atoms with Crippen LogP contribution in [0.25, 0.3) is 0 Å². The van der Waals surface area contributed by atoms with Crippen LogP contribution < -0.4 is 4.72 Å². The van der Waals surface area contributed by atoms with E-state index < -0.39 is 16.0 Å². The minimum absolute atomic E-state index is 0.0997. The molecule has 1 N–H and O–H groups in total. The van der Waals surface area contributed by atoms with Crippen LogP contribution in [0.5, 0.6) is 0 Å². The molecule has 0 aromatic carbocycles. The normalized spacial score (nSPS) is 20.4. The van der Waals surface area contributed by atoms with E-state index in [1.807, 2.05) is 0 Å². The molecular formula is C11H19N5O4S.